The molecule has 1 N–H and O–H groups in total. The van der Waals surface area contributed by atoms with Gasteiger partial charge in [0.25, 0.3) is 5.91 Å². The van der Waals surface area contributed by atoms with E-state index in [0.29, 0.717) is 44.7 Å². The van der Waals surface area contributed by atoms with E-state index in [1.165, 1.54) is 4.31 Å². The second-order valence-corrected chi connectivity index (χ2v) is 7.75. The molecule has 1 amide bonds. The number of sulfonamides is 1. The van der Waals surface area contributed by atoms with Gasteiger partial charge in [-0.25, -0.2) is 12.7 Å². The molecule has 1 saturated heterocycles. The molecular weight excluding hydrogens is 320 g/mol. The highest BCUT2D eigenvalue weighted by atomic mass is 32.2. The van der Waals surface area contributed by atoms with E-state index in [9.17, 15) is 13.2 Å². The van der Waals surface area contributed by atoms with Crippen molar-refractivity contribution in [1.82, 2.24) is 9.62 Å². The first kappa shape index (κ1) is 18.0. The van der Waals surface area contributed by atoms with Crippen LogP contribution in [-0.4, -0.2) is 50.6 Å². The van der Waals surface area contributed by atoms with E-state index in [2.05, 4.69) is 5.32 Å². The molecule has 0 bridgehead atoms. The molecule has 1 aromatic rings. The lowest BCUT2D eigenvalue weighted by molar-refractivity contribution is 0.0887. The van der Waals surface area contributed by atoms with E-state index in [-0.39, 0.29) is 23.5 Å². The number of hydrogen-bond donors (Lipinski definition) is 1. The van der Waals surface area contributed by atoms with Gasteiger partial charge < -0.3 is 14.5 Å². The van der Waals surface area contributed by atoms with E-state index < -0.39 is 10.0 Å². The maximum absolute atomic E-state index is 12.1. The summed E-state index contributed by atoms with van der Waals surface area (Å²) in [5.74, 6) is 0.747. The molecule has 1 aliphatic rings. The summed E-state index contributed by atoms with van der Waals surface area (Å²) in [5, 5.41) is 2.90. The minimum atomic E-state index is -3.15. The normalized spacial score (nSPS) is 17.3. The number of furan rings is 1. The summed E-state index contributed by atoms with van der Waals surface area (Å²) in [5.41, 5.74) is 0. The highest BCUT2D eigenvalue weighted by Gasteiger charge is 2.28. The van der Waals surface area contributed by atoms with Crippen LogP contribution in [0.5, 0.6) is 0 Å². The lowest BCUT2D eigenvalue weighted by atomic mass is 10.1. The summed E-state index contributed by atoms with van der Waals surface area (Å²) < 4.78 is 35.9. The van der Waals surface area contributed by atoms with E-state index >= 15 is 0 Å². The Labute approximate surface area is 137 Å². The summed E-state index contributed by atoms with van der Waals surface area (Å²) in [6.07, 6.45) is 1.84. The van der Waals surface area contributed by atoms with Crippen LogP contribution in [0.4, 0.5) is 0 Å². The number of carbonyl (C=O) groups is 1. The van der Waals surface area contributed by atoms with Crippen LogP contribution in [0.3, 0.4) is 0 Å². The number of amides is 1. The SMILES string of the molecule is CCCS(=O)(=O)N1CCC(NC(=O)c2ccc(COC)o2)CC1. The number of carbonyl (C=O) groups excluding carboxylic acids is 1. The second kappa shape index (κ2) is 7.94. The first-order chi connectivity index (χ1) is 11.0. The van der Waals surface area contributed by atoms with E-state index in [4.69, 9.17) is 9.15 Å². The second-order valence-electron chi connectivity index (χ2n) is 5.66. The highest BCUT2D eigenvalue weighted by molar-refractivity contribution is 7.89. The molecule has 7 nitrogen and oxygen atoms in total. The molecule has 2 heterocycles. The van der Waals surface area contributed by atoms with Gasteiger partial charge in [-0.05, 0) is 31.4 Å². The van der Waals surface area contributed by atoms with Gasteiger partial charge >= 0.3 is 0 Å². The predicted molar refractivity (Wildman–Crippen MR) is 85.6 cm³/mol. The van der Waals surface area contributed by atoms with Crippen LogP contribution in [0.2, 0.25) is 0 Å². The van der Waals surface area contributed by atoms with Crippen molar-refractivity contribution >= 4 is 15.9 Å². The quantitative estimate of drug-likeness (QED) is 0.807. The van der Waals surface area contributed by atoms with Crippen molar-refractivity contribution in [2.75, 3.05) is 26.0 Å². The Morgan fingerprint density at radius 2 is 2.09 bits per heavy atom. The molecule has 8 heteroatoms. The summed E-state index contributed by atoms with van der Waals surface area (Å²) in [4.78, 5) is 12.1. The van der Waals surface area contributed by atoms with Gasteiger partial charge in [-0.15, -0.1) is 0 Å². The van der Waals surface area contributed by atoms with Crippen molar-refractivity contribution in [3.8, 4) is 0 Å². The Hall–Kier alpha value is -1.38. The van der Waals surface area contributed by atoms with Crippen LogP contribution < -0.4 is 5.32 Å². The van der Waals surface area contributed by atoms with Gasteiger partial charge in [-0.3, -0.25) is 4.79 Å². The lowest BCUT2D eigenvalue weighted by Crippen LogP contribution is -2.47. The molecule has 0 aromatic carbocycles. The van der Waals surface area contributed by atoms with Crippen LogP contribution in [0.1, 0.15) is 42.5 Å². The molecule has 0 atom stereocenters. The molecule has 2 rings (SSSR count). The summed E-state index contributed by atoms with van der Waals surface area (Å²) >= 11 is 0. The van der Waals surface area contributed by atoms with Gasteiger partial charge in [0.2, 0.25) is 10.0 Å². The molecule has 0 spiro atoms. The molecule has 0 unspecified atom stereocenters. The van der Waals surface area contributed by atoms with Crippen molar-refractivity contribution < 1.29 is 22.4 Å². The number of rotatable bonds is 7. The van der Waals surface area contributed by atoms with Crippen molar-refractivity contribution in [1.29, 1.82) is 0 Å². The Kier molecular flexibility index (Phi) is 6.20. The Balaban J connectivity index is 1.85. The van der Waals surface area contributed by atoms with Gasteiger partial charge in [-0.1, -0.05) is 6.92 Å². The number of nitrogens with zero attached hydrogens (tertiary/aromatic N) is 1. The molecule has 1 aromatic heterocycles. The minimum Gasteiger partial charge on any atom is -0.453 e. The fourth-order valence-corrected chi connectivity index (χ4v) is 4.18. The van der Waals surface area contributed by atoms with Crippen molar-refractivity contribution in [3.05, 3.63) is 23.7 Å². The van der Waals surface area contributed by atoms with Crippen LogP contribution in [0, 0.1) is 0 Å². The summed E-state index contributed by atoms with van der Waals surface area (Å²) in [6, 6.07) is 3.29. The fourth-order valence-electron chi connectivity index (χ4n) is 2.64. The fraction of sp³-hybridized carbons (Fsp3) is 0.667. The monoisotopic (exact) mass is 344 g/mol. The van der Waals surface area contributed by atoms with Crippen molar-refractivity contribution in [3.63, 3.8) is 0 Å². The largest absolute Gasteiger partial charge is 0.453 e. The van der Waals surface area contributed by atoms with Crippen molar-refractivity contribution in [2.45, 2.75) is 38.8 Å². The number of piperidine rings is 1. The third-order valence-corrected chi connectivity index (χ3v) is 5.89. The molecule has 0 aliphatic carbocycles. The van der Waals surface area contributed by atoms with Crippen molar-refractivity contribution in [2.24, 2.45) is 0 Å². The molecule has 130 valence electrons. The molecule has 1 aliphatic heterocycles. The average molecular weight is 344 g/mol. The standard InChI is InChI=1S/C15H24N2O5S/c1-3-10-23(19,20)17-8-6-12(7-9-17)16-15(18)14-5-4-13(22-14)11-21-2/h4-5,12H,3,6-11H2,1-2H3,(H,16,18). The molecule has 23 heavy (non-hydrogen) atoms. The lowest BCUT2D eigenvalue weighted by Gasteiger charge is -2.31. The number of methoxy groups -OCH3 is 1. The number of ether oxygens (including phenoxy) is 1. The van der Waals surface area contributed by atoms with Gasteiger partial charge in [-0.2, -0.15) is 0 Å². The van der Waals surface area contributed by atoms with Gasteiger partial charge in [0.05, 0.1) is 5.75 Å². The molecular formula is C15H24N2O5S. The predicted octanol–water partition coefficient (Wildman–Crippen LogP) is 1.36. The summed E-state index contributed by atoms with van der Waals surface area (Å²) in [7, 11) is -1.59. The number of hydrogen-bond acceptors (Lipinski definition) is 5. The molecule has 0 radical (unpaired) electrons. The number of nitrogens with one attached hydrogen (secondary N) is 1. The van der Waals surface area contributed by atoms with Crippen LogP contribution in [-0.2, 0) is 21.4 Å². The zero-order valence-electron chi connectivity index (χ0n) is 13.6. The van der Waals surface area contributed by atoms with E-state index in [1.807, 2.05) is 6.92 Å². The summed E-state index contributed by atoms with van der Waals surface area (Å²) in [6.45, 7) is 3.06. The van der Waals surface area contributed by atoms with Crippen LogP contribution in [0.15, 0.2) is 16.5 Å². The van der Waals surface area contributed by atoms with E-state index in [1.54, 1.807) is 19.2 Å². The first-order valence-corrected chi connectivity index (χ1v) is 9.43. The van der Waals surface area contributed by atoms with Crippen LogP contribution in [0.25, 0.3) is 0 Å². The maximum Gasteiger partial charge on any atom is 0.287 e. The highest BCUT2D eigenvalue weighted by Crippen LogP contribution is 2.16. The Morgan fingerprint density at radius 1 is 1.39 bits per heavy atom. The molecule has 1 fully saturated rings. The first-order valence-electron chi connectivity index (χ1n) is 7.82. The smallest absolute Gasteiger partial charge is 0.287 e. The van der Waals surface area contributed by atoms with Crippen LogP contribution >= 0.6 is 0 Å². The van der Waals surface area contributed by atoms with E-state index in [0.717, 1.165) is 0 Å². The maximum atomic E-state index is 12.1. The van der Waals surface area contributed by atoms with Gasteiger partial charge in [0, 0.05) is 26.2 Å². The molecule has 0 saturated carbocycles. The Bertz CT molecular complexity index is 618. The minimum absolute atomic E-state index is 0.0356. The zero-order chi connectivity index (χ0) is 16.9. The average Bonchev–Trinajstić information content (AvgIpc) is 2.97. The Morgan fingerprint density at radius 3 is 2.70 bits per heavy atom. The third-order valence-electron chi connectivity index (χ3n) is 3.82. The van der Waals surface area contributed by atoms with Gasteiger partial charge in [0.15, 0.2) is 5.76 Å². The zero-order valence-corrected chi connectivity index (χ0v) is 14.4. The topological polar surface area (TPSA) is 88.9 Å². The van der Waals surface area contributed by atoms with Gasteiger partial charge in [0.1, 0.15) is 12.4 Å². The third kappa shape index (κ3) is 4.79.